The Hall–Kier alpha value is -2.83. The molecule has 2 amide bonds. The maximum Gasteiger partial charge on any atom is 0.326 e. The lowest BCUT2D eigenvalue weighted by molar-refractivity contribution is -0.139. The number of carbonyl (C=O) groups excluding carboxylic acids is 2. The lowest BCUT2D eigenvalue weighted by Crippen LogP contribution is -2.40. The predicted octanol–water partition coefficient (Wildman–Crippen LogP) is 0.777. The van der Waals surface area contributed by atoms with Gasteiger partial charge in [-0.15, -0.1) is 6.58 Å². The second kappa shape index (κ2) is 6.08. The fourth-order valence-electron chi connectivity index (χ4n) is 1.85. The maximum absolute atomic E-state index is 12.0. The SMILES string of the molecule is C=CCC(NC(=O)c1ccc2c(c1)NC(=O)CO2)C(=O)O. The lowest BCUT2D eigenvalue weighted by atomic mass is 10.1. The second-order valence-electron chi connectivity index (χ2n) is 4.44. The van der Waals surface area contributed by atoms with Crippen LogP contribution in [0.4, 0.5) is 5.69 Å². The number of benzene rings is 1. The van der Waals surface area contributed by atoms with E-state index in [0.717, 1.165) is 0 Å². The Bertz CT molecular complexity index is 611. The van der Waals surface area contributed by atoms with Gasteiger partial charge >= 0.3 is 5.97 Å². The summed E-state index contributed by atoms with van der Waals surface area (Å²) < 4.78 is 5.18. The first-order valence-electron chi connectivity index (χ1n) is 6.22. The van der Waals surface area contributed by atoms with Crippen LogP contribution in [0.2, 0.25) is 0 Å². The first kappa shape index (κ1) is 14.6. The molecular weight excluding hydrogens is 276 g/mol. The van der Waals surface area contributed by atoms with E-state index < -0.39 is 17.9 Å². The van der Waals surface area contributed by atoms with Crippen LogP contribution < -0.4 is 15.4 Å². The average Bonchev–Trinajstić information content (AvgIpc) is 2.45. The van der Waals surface area contributed by atoms with Gasteiger partial charge < -0.3 is 20.5 Å². The van der Waals surface area contributed by atoms with Crippen molar-refractivity contribution in [1.29, 1.82) is 0 Å². The van der Waals surface area contributed by atoms with Gasteiger partial charge in [-0.2, -0.15) is 0 Å². The summed E-state index contributed by atoms with van der Waals surface area (Å²) in [6.45, 7) is 3.38. The van der Waals surface area contributed by atoms with Gasteiger partial charge in [-0.05, 0) is 24.6 Å². The zero-order chi connectivity index (χ0) is 15.4. The van der Waals surface area contributed by atoms with E-state index >= 15 is 0 Å². The maximum atomic E-state index is 12.0. The van der Waals surface area contributed by atoms with E-state index in [1.165, 1.54) is 18.2 Å². The first-order valence-corrected chi connectivity index (χ1v) is 6.22. The number of carboxylic acid groups (broad SMARTS) is 1. The molecular formula is C14H14N2O5. The molecule has 1 heterocycles. The molecule has 7 heteroatoms. The van der Waals surface area contributed by atoms with Crippen LogP contribution in [0.15, 0.2) is 30.9 Å². The zero-order valence-corrected chi connectivity index (χ0v) is 11.1. The second-order valence-corrected chi connectivity index (χ2v) is 4.44. The van der Waals surface area contributed by atoms with Crippen molar-refractivity contribution in [3.8, 4) is 5.75 Å². The van der Waals surface area contributed by atoms with Crippen LogP contribution >= 0.6 is 0 Å². The normalized spacial score (nSPS) is 14.2. The minimum absolute atomic E-state index is 0.0705. The summed E-state index contributed by atoms with van der Waals surface area (Å²) in [6.07, 6.45) is 1.53. The van der Waals surface area contributed by atoms with E-state index in [9.17, 15) is 14.4 Å². The number of carboxylic acids is 1. The number of ether oxygens (including phenoxy) is 1. The molecule has 7 nitrogen and oxygen atoms in total. The highest BCUT2D eigenvalue weighted by Crippen LogP contribution is 2.28. The molecule has 0 aliphatic carbocycles. The predicted molar refractivity (Wildman–Crippen MR) is 74.3 cm³/mol. The molecule has 3 N–H and O–H groups in total. The Morgan fingerprint density at radius 1 is 1.52 bits per heavy atom. The van der Waals surface area contributed by atoms with Gasteiger partial charge in [-0.3, -0.25) is 9.59 Å². The molecule has 1 aliphatic rings. The van der Waals surface area contributed by atoms with Crippen LogP contribution in [0.3, 0.4) is 0 Å². The number of nitrogens with one attached hydrogen (secondary N) is 2. The van der Waals surface area contributed by atoms with Crippen molar-refractivity contribution < 1.29 is 24.2 Å². The molecule has 1 atom stereocenters. The molecule has 0 bridgehead atoms. The van der Waals surface area contributed by atoms with E-state index in [0.29, 0.717) is 11.4 Å². The smallest absolute Gasteiger partial charge is 0.326 e. The molecule has 0 spiro atoms. The fourth-order valence-corrected chi connectivity index (χ4v) is 1.85. The molecule has 2 rings (SSSR count). The van der Waals surface area contributed by atoms with E-state index in [4.69, 9.17) is 9.84 Å². The van der Waals surface area contributed by atoms with Crippen LogP contribution in [-0.4, -0.2) is 35.5 Å². The third-order valence-electron chi connectivity index (χ3n) is 2.88. The number of fused-ring (bicyclic) bond motifs is 1. The third-order valence-corrected chi connectivity index (χ3v) is 2.88. The van der Waals surface area contributed by atoms with E-state index in [1.807, 2.05) is 0 Å². The molecule has 110 valence electrons. The Morgan fingerprint density at radius 2 is 2.29 bits per heavy atom. The number of carbonyl (C=O) groups is 3. The Morgan fingerprint density at radius 3 is 2.95 bits per heavy atom. The molecule has 0 saturated carbocycles. The highest BCUT2D eigenvalue weighted by Gasteiger charge is 2.21. The molecule has 1 aliphatic heterocycles. The molecule has 21 heavy (non-hydrogen) atoms. The summed E-state index contributed by atoms with van der Waals surface area (Å²) in [6, 6.07) is 3.44. The Balaban J connectivity index is 2.16. The number of amides is 2. The highest BCUT2D eigenvalue weighted by atomic mass is 16.5. The van der Waals surface area contributed by atoms with Gasteiger partial charge in [0.25, 0.3) is 11.8 Å². The minimum atomic E-state index is -1.14. The molecule has 0 aromatic heterocycles. The number of hydrogen-bond donors (Lipinski definition) is 3. The van der Waals surface area contributed by atoms with Crippen molar-refractivity contribution >= 4 is 23.5 Å². The largest absolute Gasteiger partial charge is 0.482 e. The van der Waals surface area contributed by atoms with Crippen LogP contribution in [0.25, 0.3) is 0 Å². The highest BCUT2D eigenvalue weighted by molar-refractivity contribution is 6.00. The van der Waals surface area contributed by atoms with Gasteiger partial charge in [0.05, 0.1) is 5.69 Å². The number of hydrogen-bond acceptors (Lipinski definition) is 4. The minimum Gasteiger partial charge on any atom is -0.482 e. The third kappa shape index (κ3) is 3.38. The molecule has 0 fully saturated rings. The van der Waals surface area contributed by atoms with Crippen LogP contribution in [0, 0.1) is 0 Å². The summed E-state index contributed by atoms with van der Waals surface area (Å²) >= 11 is 0. The number of anilines is 1. The standard InChI is InChI=1S/C14H14N2O5/c1-2-3-9(14(19)20)16-13(18)8-4-5-11-10(6-8)15-12(17)7-21-11/h2,4-6,9H,1,3,7H2,(H,15,17)(H,16,18)(H,19,20). The zero-order valence-electron chi connectivity index (χ0n) is 11.1. The molecule has 0 radical (unpaired) electrons. The van der Waals surface area contributed by atoms with E-state index in [1.54, 1.807) is 6.07 Å². The van der Waals surface area contributed by atoms with Gasteiger partial charge in [0.2, 0.25) is 0 Å². The van der Waals surface area contributed by atoms with Gasteiger partial charge in [0, 0.05) is 5.56 Å². The molecule has 1 unspecified atom stereocenters. The van der Waals surface area contributed by atoms with Crippen molar-refractivity contribution in [1.82, 2.24) is 5.32 Å². The summed E-state index contributed by atoms with van der Waals surface area (Å²) in [5, 5.41) is 14.0. The quantitative estimate of drug-likeness (QED) is 0.695. The average molecular weight is 290 g/mol. The van der Waals surface area contributed by atoms with E-state index in [2.05, 4.69) is 17.2 Å². The van der Waals surface area contributed by atoms with Crippen LogP contribution in [-0.2, 0) is 9.59 Å². The van der Waals surface area contributed by atoms with Gasteiger partial charge in [0.1, 0.15) is 11.8 Å². The summed E-state index contributed by atoms with van der Waals surface area (Å²) in [4.78, 5) is 34.3. The lowest BCUT2D eigenvalue weighted by Gasteiger charge is -2.19. The van der Waals surface area contributed by atoms with Crippen molar-refractivity contribution in [3.63, 3.8) is 0 Å². The number of aliphatic carboxylic acids is 1. The van der Waals surface area contributed by atoms with E-state index in [-0.39, 0.29) is 24.5 Å². The molecule has 1 aromatic rings. The first-order chi connectivity index (χ1) is 10.0. The topological polar surface area (TPSA) is 105 Å². The van der Waals surface area contributed by atoms with Crippen molar-refractivity contribution in [2.75, 3.05) is 11.9 Å². The van der Waals surface area contributed by atoms with Crippen LogP contribution in [0.1, 0.15) is 16.8 Å². The summed E-state index contributed by atoms with van der Waals surface area (Å²) in [5.41, 5.74) is 0.615. The van der Waals surface area contributed by atoms with Crippen LogP contribution in [0.5, 0.6) is 5.75 Å². The van der Waals surface area contributed by atoms with Crippen molar-refractivity contribution in [2.45, 2.75) is 12.5 Å². The molecule has 0 saturated heterocycles. The number of rotatable bonds is 5. The monoisotopic (exact) mass is 290 g/mol. The Labute approximate surface area is 120 Å². The van der Waals surface area contributed by atoms with Gasteiger partial charge in [-0.25, -0.2) is 4.79 Å². The van der Waals surface area contributed by atoms with Gasteiger partial charge in [-0.1, -0.05) is 6.08 Å². The van der Waals surface area contributed by atoms with Crippen molar-refractivity contribution in [2.24, 2.45) is 0 Å². The summed E-state index contributed by atoms with van der Waals surface area (Å²) in [5.74, 6) is -1.54. The Kier molecular flexibility index (Phi) is 4.22. The van der Waals surface area contributed by atoms with Crippen molar-refractivity contribution in [3.05, 3.63) is 36.4 Å². The summed E-state index contributed by atoms with van der Waals surface area (Å²) in [7, 11) is 0. The van der Waals surface area contributed by atoms with Gasteiger partial charge in [0.15, 0.2) is 6.61 Å². The molecule has 1 aromatic carbocycles. The fraction of sp³-hybridized carbons (Fsp3) is 0.214.